The molecular formula is C24H22O4. The van der Waals surface area contributed by atoms with E-state index in [4.69, 9.17) is 9.47 Å². The van der Waals surface area contributed by atoms with Gasteiger partial charge in [-0.25, -0.2) is 0 Å². The van der Waals surface area contributed by atoms with Crippen molar-refractivity contribution in [3.05, 3.63) is 95.6 Å². The number of aliphatic carboxylic acids is 1. The van der Waals surface area contributed by atoms with Crippen molar-refractivity contribution in [1.82, 2.24) is 0 Å². The Labute approximate surface area is 164 Å². The van der Waals surface area contributed by atoms with Gasteiger partial charge >= 0.3 is 5.97 Å². The summed E-state index contributed by atoms with van der Waals surface area (Å²) in [6, 6.07) is 25.3. The van der Waals surface area contributed by atoms with Crippen molar-refractivity contribution in [2.75, 3.05) is 6.79 Å². The molecule has 1 N–H and O–H groups in total. The molecule has 142 valence electrons. The first-order valence-corrected chi connectivity index (χ1v) is 9.31. The SMILES string of the molecule is CC(c1ccccc1)(c1ccccc1)C(Cc1ccc2cc1OCO2)C(=O)O. The lowest BCUT2D eigenvalue weighted by atomic mass is 9.65. The maximum absolute atomic E-state index is 12.5. The van der Waals surface area contributed by atoms with E-state index < -0.39 is 17.3 Å². The van der Waals surface area contributed by atoms with Crippen LogP contribution in [0.25, 0.3) is 0 Å². The predicted octanol–water partition coefficient (Wildman–Crippen LogP) is 4.66. The van der Waals surface area contributed by atoms with Crippen LogP contribution in [0.2, 0.25) is 0 Å². The van der Waals surface area contributed by atoms with E-state index in [1.165, 1.54) is 0 Å². The van der Waals surface area contributed by atoms with E-state index in [1.807, 2.05) is 85.8 Å². The van der Waals surface area contributed by atoms with Gasteiger partial charge in [-0.1, -0.05) is 73.7 Å². The zero-order valence-electron chi connectivity index (χ0n) is 15.7. The van der Waals surface area contributed by atoms with Crippen molar-refractivity contribution in [1.29, 1.82) is 0 Å². The number of carboxylic acids is 1. The highest BCUT2D eigenvalue weighted by molar-refractivity contribution is 5.74. The minimum Gasteiger partial charge on any atom is -0.481 e. The van der Waals surface area contributed by atoms with Gasteiger partial charge in [-0.3, -0.25) is 4.79 Å². The van der Waals surface area contributed by atoms with Crippen molar-refractivity contribution in [3.63, 3.8) is 0 Å². The third-order valence-corrected chi connectivity index (χ3v) is 5.64. The monoisotopic (exact) mass is 374 g/mol. The molecule has 3 aromatic rings. The smallest absolute Gasteiger partial charge is 0.308 e. The van der Waals surface area contributed by atoms with Crippen LogP contribution >= 0.6 is 0 Å². The standard InChI is InChI=1S/C24H22O4/c1-24(18-8-4-2-5-9-18,19-10-6-3-7-11-19)21(23(25)26)14-17-12-13-20-15-22(17)28-16-27-20/h2-13,15,21H,14,16H2,1H3,(H,25,26). The highest BCUT2D eigenvalue weighted by Crippen LogP contribution is 2.42. The van der Waals surface area contributed by atoms with Crippen LogP contribution in [0, 0.1) is 5.92 Å². The first-order chi connectivity index (χ1) is 13.6. The Hall–Kier alpha value is -3.27. The van der Waals surface area contributed by atoms with Gasteiger partial charge in [0.15, 0.2) is 0 Å². The lowest BCUT2D eigenvalue weighted by Crippen LogP contribution is -2.40. The number of hydrogen-bond donors (Lipinski definition) is 1. The van der Waals surface area contributed by atoms with Crippen molar-refractivity contribution < 1.29 is 19.4 Å². The number of carboxylic acid groups (broad SMARTS) is 1. The van der Waals surface area contributed by atoms with Crippen LogP contribution in [-0.4, -0.2) is 17.9 Å². The van der Waals surface area contributed by atoms with Gasteiger partial charge in [0.1, 0.15) is 11.5 Å². The van der Waals surface area contributed by atoms with E-state index in [9.17, 15) is 9.90 Å². The van der Waals surface area contributed by atoms with Crippen LogP contribution in [0.3, 0.4) is 0 Å². The molecular weight excluding hydrogens is 352 g/mol. The first-order valence-electron chi connectivity index (χ1n) is 9.31. The number of fused-ring (bicyclic) bond motifs is 2. The fourth-order valence-electron chi connectivity index (χ4n) is 3.98. The van der Waals surface area contributed by atoms with E-state index in [-0.39, 0.29) is 6.79 Å². The van der Waals surface area contributed by atoms with E-state index in [1.54, 1.807) is 0 Å². The van der Waals surface area contributed by atoms with Gasteiger partial charge in [-0.2, -0.15) is 0 Å². The normalized spacial score (nSPS) is 13.9. The third kappa shape index (κ3) is 3.22. The molecule has 0 spiro atoms. The van der Waals surface area contributed by atoms with Crippen LogP contribution in [0.15, 0.2) is 78.9 Å². The summed E-state index contributed by atoms with van der Waals surface area (Å²) in [6.07, 6.45) is 0.352. The fourth-order valence-corrected chi connectivity index (χ4v) is 3.98. The van der Waals surface area contributed by atoms with E-state index in [0.29, 0.717) is 12.2 Å². The van der Waals surface area contributed by atoms with Gasteiger partial charge in [0, 0.05) is 11.5 Å². The molecule has 0 saturated carbocycles. The van der Waals surface area contributed by atoms with E-state index >= 15 is 0 Å². The molecule has 0 aromatic heterocycles. The van der Waals surface area contributed by atoms with Gasteiger partial charge in [-0.15, -0.1) is 0 Å². The van der Waals surface area contributed by atoms with E-state index in [0.717, 1.165) is 22.4 Å². The molecule has 0 aliphatic carbocycles. The zero-order chi connectivity index (χ0) is 19.6. The lowest BCUT2D eigenvalue weighted by Gasteiger charge is -2.37. The molecule has 4 rings (SSSR count). The molecule has 1 aliphatic rings. The summed E-state index contributed by atoms with van der Waals surface area (Å²) in [5.74, 6) is -0.0754. The molecule has 4 heteroatoms. The Morgan fingerprint density at radius 2 is 1.57 bits per heavy atom. The Balaban J connectivity index is 1.82. The van der Waals surface area contributed by atoms with Crippen LogP contribution in [0.1, 0.15) is 23.6 Å². The Bertz CT molecular complexity index is 927. The second kappa shape index (κ2) is 7.39. The van der Waals surface area contributed by atoms with Gasteiger partial charge in [0.05, 0.1) is 5.92 Å². The van der Waals surface area contributed by atoms with Gasteiger partial charge in [0.2, 0.25) is 6.79 Å². The molecule has 0 fully saturated rings. The average molecular weight is 374 g/mol. The van der Waals surface area contributed by atoms with Crippen molar-refractivity contribution in [3.8, 4) is 11.5 Å². The summed E-state index contributed by atoms with van der Waals surface area (Å²) < 4.78 is 11.0. The molecule has 3 aromatic carbocycles. The Morgan fingerprint density at radius 1 is 0.964 bits per heavy atom. The summed E-state index contributed by atoms with van der Waals surface area (Å²) in [5.41, 5.74) is 2.12. The molecule has 0 radical (unpaired) electrons. The Kier molecular flexibility index (Phi) is 4.78. The quantitative estimate of drug-likeness (QED) is 0.681. The summed E-state index contributed by atoms with van der Waals surface area (Å²) >= 11 is 0. The minimum atomic E-state index is -0.835. The molecule has 2 bridgehead atoms. The molecule has 4 nitrogen and oxygen atoms in total. The van der Waals surface area contributed by atoms with Crippen LogP contribution in [0.4, 0.5) is 0 Å². The topological polar surface area (TPSA) is 55.8 Å². The van der Waals surface area contributed by atoms with E-state index in [2.05, 4.69) is 0 Å². The lowest BCUT2D eigenvalue weighted by molar-refractivity contribution is -0.143. The molecule has 1 aliphatic heterocycles. The van der Waals surface area contributed by atoms with Gasteiger partial charge in [0.25, 0.3) is 0 Å². The molecule has 1 heterocycles. The zero-order valence-corrected chi connectivity index (χ0v) is 15.7. The second-order valence-electron chi connectivity index (χ2n) is 7.21. The van der Waals surface area contributed by atoms with Gasteiger partial charge in [-0.05, 0) is 29.2 Å². The van der Waals surface area contributed by atoms with Crippen molar-refractivity contribution >= 4 is 5.97 Å². The van der Waals surface area contributed by atoms with Crippen molar-refractivity contribution in [2.45, 2.75) is 18.8 Å². The highest BCUT2D eigenvalue weighted by Gasteiger charge is 2.42. The largest absolute Gasteiger partial charge is 0.481 e. The maximum Gasteiger partial charge on any atom is 0.308 e. The minimum absolute atomic E-state index is 0.154. The van der Waals surface area contributed by atoms with Crippen LogP contribution < -0.4 is 9.47 Å². The first kappa shape index (κ1) is 18.1. The molecule has 28 heavy (non-hydrogen) atoms. The van der Waals surface area contributed by atoms with Crippen LogP contribution in [0.5, 0.6) is 11.5 Å². The summed E-state index contributed by atoms with van der Waals surface area (Å²) in [6.45, 7) is 2.17. The number of carbonyl (C=O) groups is 1. The number of hydrogen-bond acceptors (Lipinski definition) is 3. The predicted molar refractivity (Wildman–Crippen MR) is 107 cm³/mol. The molecule has 1 atom stereocenters. The number of ether oxygens (including phenoxy) is 2. The Morgan fingerprint density at radius 3 is 2.14 bits per heavy atom. The molecule has 0 amide bonds. The summed E-state index contributed by atoms with van der Waals surface area (Å²) in [5, 5.41) is 10.3. The number of benzene rings is 3. The van der Waals surface area contributed by atoms with Gasteiger partial charge < -0.3 is 14.6 Å². The average Bonchev–Trinajstić information content (AvgIpc) is 2.74. The highest BCUT2D eigenvalue weighted by atomic mass is 16.7. The third-order valence-electron chi connectivity index (χ3n) is 5.64. The summed E-state index contributed by atoms with van der Waals surface area (Å²) in [4.78, 5) is 12.5. The molecule has 0 saturated heterocycles. The van der Waals surface area contributed by atoms with Crippen LogP contribution in [-0.2, 0) is 16.6 Å². The van der Waals surface area contributed by atoms with Crippen molar-refractivity contribution in [2.24, 2.45) is 5.92 Å². The fraction of sp³-hybridized carbons (Fsp3) is 0.208. The number of rotatable bonds is 6. The second-order valence-corrected chi connectivity index (χ2v) is 7.21. The molecule has 1 unspecified atom stereocenters. The maximum atomic E-state index is 12.5. The summed E-state index contributed by atoms with van der Waals surface area (Å²) in [7, 11) is 0.